The maximum absolute atomic E-state index is 14.9. The van der Waals surface area contributed by atoms with Gasteiger partial charge in [-0.15, -0.1) is 6.58 Å². The monoisotopic (exact) mass is 510 g/mol. The SMILES string of the molecule is C=C(OC)/C(F)=C(/F)C(=C)OCC1CCC(c2ccc(C3CCC(O)CC3)c(F)c2F)CC1.C=CC. The number of aliphatic hydroxyl groups excluding tert-OH is 1. The second-order valence-corrected chi connectivity index (χ2v) is 9.49. The first kappa shape index (κ1) is 29.7. The molecule has 0 bridgehead atoms. The molecule has 0 spiro atoms. The van der Waals surface area contributed by atoms with Gasteiger partial charge in [0.2, 0.25) is 11.7 Å². The van der Waals surface area contributed by atoms with Gasteiger partial charge >= 0.3 is 0 Å². The van der Waals surface area contributed by atoms with Gasteiger partial charge in [-0.25, -0.2) is 8.78 Å². The number of rotatable bonds is 8. The Morgan fingerprint density at radius 1 is 0.889 bits per heavy atom. The summed E-state index contributed by atoms with van der Waals surface area (Å²) < 4.78 is 67.4. The Bertz CT molecular complexity index is 940. The van der Waals surface area contributed by atoms with Crippen molar-refractivity contribution in [3.63, 3.8) is 0 Å². The second-order valence-electron chi connectivity index (χ2n) is 9.49. The smallest absolute Gasteiger partial charge is 0.203 e. The van der Waals surface area contributed by atoms with E-state index in [1.165, 1.54) is 7.11 Å². The molecule has 2 aliphatic rings. The number of ether oxygens (including phenoxy) is 2. The molecule has 0 amide bonds. The highest BCUT2D eigenvalue weighted by Crippen LogP contribution is 2.40. The second kappa shape index (κ2) is 14.3. The van der Waals surface area contributed by atoms with E-state index in [-0.39, 0.29) is 30.5 Å². The lowest BCUT2D eigenvalue weighted by molar-refractivity contribution is 0.122. The van der Waals surface area contributed by atoms with Crippen LogP contribution in [0.15, 0.2) is 61.1 Å². The predicted octanol–water partition coefficient (Wildman–Crippen LogP) is 8.29. The molecule has 7 heteroatoms. The number of allylic oxidation sites excluding steroid dienone is 3. The molecule has 2 fully saturated rings. The predicted molar refractivity (Wildman–Crippen MR) is 135 cm³/mol. The summed E-state index contributed by atoms with van der Waals surface area (Å²) in [5.41, 5.74) is 0.798. The summed E-state index contributed by atoms with van der Waals surface area (Å²) in [5.74, 6) is -4.98. The van der Waals surface area contributed by atoms with Crippen molar-refractivity contribution in [1.82, 2.24) is 0 Å². The van der Waals surface area contributed by atoms with Crippen molar-refractivity contribution < 1.29 is 32.1 Å². The third-order valence-corrected chi connectivity index (χ3v) is 6.99. The van der Waals surface area contributed by atoms with Gasteiger partial charge < -0.3 is 14.6 Å². The first-order valence-electron chi connectivity index (χ1n) is 12.5. The molecule has 1 N–H and O–H groups in total. The minimum atomic E-state index is -1.25. The van der Waals surface area contributed by atoms with Crippen LogP contribution in [0.2, 0.25) is 0 Å². The Morgan fingerprint density at radius 2 is 1.31 bits per heavy atom. The highest BCUT2D eigenvalue weighted by molar-refractivity contribution is 5.32. The number of benzene rings is 1. The largest absolute Gasteiger partial charge is 0.494 e. The van der Waals surface area contributed by atoms with Gasteiger partial charge in [-0.1, -0.05) is 31.4 Å². The summed E-state index contributed by atoms with van der Waals surface area (Å²) in [6.45, 7) is 12.1. The molecule has 3 nitrogen and oxygen atoms in total. The number of halogens is 4. The number of aliphatic hydroxyl groups is 1. The van der Waals surface area contributed by atoms with Gasteiger partial charge in [0, 0.05) is 0 Å². The Hall–Kier alpha value is -2.54. The van der Waals surface area contributed by atoms with Gasteiger partial charge in [-0.3, -0.25) is 0 Å². The minimum absolute atomic E-state index is 0.0572. The molecule has 2 saturated carbocycles. The van der Waals surface area contributed by atoms with Gasteiger partial charge in [-0.2, -0.15) is 8.78 Å². The number of hydrogen-bond acceptors (Lipinski definition) is 3. The molecular formula is C29H38F4O3. The highest BCUT2D eigenvalue weighted by atomic mass is 19.2. The van der Waals surface area contributed by atoms with Gasteiger partial charge in [0.25, 0.3) is 0 Å². The van der Waals surface area contributed by atoms with Crippen molar-refractivity contribution in [2.24, 2.45) is 5.92 Å². The van der Waals surface area contributed by atoms with Gasteiger partial charge in [0.15, 0.2) is 23.2 Å². The van der Waals surface area contributed by atoms with Crippen molar-refractivity contribution in [2.75, 3.05) is 13.7 Å². The normalized spacial score (nSPS) is 24.5. The van der Waals surface area contributed by atoms with E-state index in [1.54, 1.807) is 18.2 Å². The Kier molecular flexibility index (Phi) is 11.8. The van der Waals surface area contributed by atoms with Crippen molar-refractivity contribution in [2.45, 2.75) is 76.2 Å². The van der Waals surface area contributed by atoms with Crippen LogP contribution in [0.25, 0.3) is 0 Å². The molecular weight excluding hydrogens is 472 g/mol. The fraction of sp³-hybridized carbons (Fsp3) is 0.517. The van der Waals surface area contributed by atoms with Crippen LogP contribution in [0, 0.1) is 17.6 Å². The third-order valence-electron chi connectivity index (χ3n) is 6.99. The van der Waals surface area contributed by atoms with E-state index in [9.17, 15) is 22.7 Å². The summed E-state index contributed by atoms with van der Waals surface area (Å²) >= 11 is 0. The van der Waals surface area contributed by atoms with Crippen LogP contribution >= 0.6 is 0 Å². The molecule has 0 saturated heterocycles. The van der Waals surface area contributed by atoms with Crippen molar-refractivity contribution in [3.05, 3.63) is 83.9 Å². The van der Waals surface area contributed by atoms with Crippen molar-refractivity contribution in [3.8, 4) is 0 Å². The average molecular weight is 511 g/mol. The van der Waals surface area contributed by atoms with E-state index in [2.05, 4.69) is 24.5 Å². The van der Waals surface area contributed by atoms with Crippen LogP contribution < -0.4 is 0 Å². The third kappa shape index (κ3) is 7.73. The Balaban J connectivity index is 0.00000145. The van der Waals surface area contributed by atoms with Gasteiger partial charge in [0.05, 0.1) is 19.8 Å². The maximum Gasteiger partial charge on any atom is 0.203 e. The van der Waals surface area contributed by atoms with Crippen LogP contribution in [-0.4, -0.2) is 24.9 Å². The zero-order chi connectivity index (χ0) is 26.8. The van der Waals surface area contributed by atoms with Gasteiger partial charge in [0.1, 0.15) is 0 Å². The lowest BCUT2D eigenvalue weighted by Crippen LogP contribution is -2.20. The minimum Gasteiger partial charge on any atom is -0.494 e. The standard InChI is InChI=1S/C26H32F4O3.C3H6/c1-15(32-3)23(27)24(28)16(2)33-14-17-4-6-18(7-5-17)21-12-13-22(26(30)25(21)29)19-8-10-20(31)11-9-19;1-3-2/h12-13,17-20,31H,1-2,4-11,14H2,3H3;3H,1H2,2H3/b24-23-;. The first-order valence-corrected chi connectivity index (χ1v) is 12.5. The van der Waals surface area contributed by atoms with Crippen LogP contribution in [0.4, 0.5) is 17.6 Å². The lowest BCUT2D eigenvalue weighted by atomic mass is 9.77. The molecule has 0 radical (unpaired) electrons. The Labute approximate surface area is 212 Å². The summed E-state index contributed by atoms with van der Waals surface area (Å²) in [5, 5.41) is 9.66. The molecule has 0 atom stereocenters. The molecule has 0 heterocycles. The molecule has 2 aliphatic carbocycles. The van der Waals surface area contributed by atoms with Crippen LogP contribution in [-0.2, 0) is 9.47 Å². The molecule has 0 unspecified atom stereocenters. The van der Waals surface area contributed by atoms with E-state index in [1.807, 2.05) is 6.92 Å². The lowest BCUT2D eigenvalue weighted by Gasteiger charge is -2.30. The van der Waals surface area contributed by atoms with Crippen molar-refractivity contribution >= 4 is 0 Å². The van der Waals surface area contributed by atoms with Crippen LogP contribution in [0.5, 0.6) is 0 Å². The Morgan fingerprint density at radius 3 is 1.75 bits per heavy atom. The zero-order valence-corrected chi connectivity index (χ0v) is 21.3. The van der Waals surface area contributed by atoms with Gasteiger partial charge in [-0.05, 0) is 87.2 Å². The summed E-state index contributed by atoms with van der Waals surface area (Å²) in [7, 11) is 1.18. The fourth-order valence-corrected chi connectivity index (χ4v) is 4.85. The van der Waals surface area contributed by atoms with E-state index in [0.29, 0.717) is 62.5 Å². The highest BCUT2D eigenvalue weighted by Gasteiger charge is 2.29. The average Bonchev–Trinajstić information content (AvgIpc) is 2.89. The topological polar surface area (TPSA) is 38.7 Å². The van der Waals surface area contributed by atoms with Crippen molar-refractivity contribution in [1.29, 1.82) is 0 Å². The quantitative estimate of drug-likeness (QED) is 0.165. The molecule has 200 valence electrons. The van der Waals surface area contributed by atoms with E-state index < -0.39 is 34.8 Å². The summed E-state index contributed by atoms with van der Waals surface area (Å²) in [4.78, 5) is 0. The van der Waals surface area contributed by atoms with E-state index in [0.717, 1.165) is 0 Å². The van der Waals surface area contributed by atoms with Crippen LogP contribution in [0.1, 0.15) is 81.3 Å². The summed E-state index contributed by atoms with van der Waals surface area (Å²) in [6, 6.07) is 3.40. The molecule has 3 rings (SSSR count). The van der Waals surface area contributed by atoms with Crippen LogP contribution in [0.3, 0.4) is 0 Å². The van der Waals surface area contributed by atoms with E-state index in [4.69, 9.17) is 4.74 Å². The van der Waals surface area contributed by atoms with E-state index >= 15 is 0 Å². The number of methoxy groups -OCH3 is 1. The maximum atomic E-state index is 14.9. The first-order chi connectivity index (χ1) is 17.1. The molecule has 36 heavy (non-hydrogen) atoms. The zero-order valence-electron chi connectivity index (χ0n) is 21.3. The molecule has 1 aromatic rings. The fourth-order valence-electron chi connectivity index (χ4n) is 4.85. The number of hydrogen-bond donors (Lipinski definition) is 1. The molecule has 1 aromatic carbocycles. The molecule has 0 aliphatic heterocycles. The molecule has 0 aromatic heterocycles. The summed E-state index contributed by atoms with van der Waals surface area (Å²) in [6.07, 6.45) is 6.64.